The quantitative estimate of drug-likeness (QED) is 0.793. The van der Waals surface area contributed by atoms with Gasteiger partial charge in [-0.1, -0.05) is 23.2 Å². The van der Waals surface area contributed by atoms with E-state index in [1.807, 2.05) is 0 Å². The van der Waals surface area contributed by atoms with Crippen LogP contribution in [0, 0.1) is 6.92 Å². The van der Waals surface area contributed by atoms with Gasteiger partial charge in [0.15, 0.2) is 0 Å². The summed E-state index contributed by atoms with van der Waals surface area (Å²) in [6.45, 7) is 6.30. The smallest absolute Gasteiger partial charge is 0.409 e. The fourth-order valence-electron chi connectivity index (χ4n) is 4.03. The third kappa shape index (κ3) is 4.20. The molecule has 2 atom stereocenters. The number of aromatic amines is 1. The molecular weight excluding hydrogens is 391 g/mol. The van der Waals surface area contributed by atoms with Crippen LogP contribution in [0.25, 0.3) is 0 Å². The number of carbonyl (C=O) groups excluding carboxylic acids is 2. The van der Waals surface area contributed by atoms with Crippen molar-refractivity contribution in [2.45, 2.75) is 51.2 Å². The van der Waals surface area contributed by atoms with Gasteiger partial charge in [-0.2, -0.15) is 0 Å². The Bertz CT molecular complexity index is 716. The summed E-state index contributed by atoms with van der Waals surface area (Å²) >= 11 is 12.2. The number of amides is 2. The molecule has 3 rings (SSSR count). The SMILES string of the molecule is COC(=O)N1CC(N2CCC(NC(=O)c3[nH]c(C)c(Cl)c3Cl)CC2)C[C@H]1C. The lowest BCUT2D eigenvalue weighted by molar-refractivity contribution is 0.0882. The summed E-state index contributed by atoms with van der Waals surface area (Å²) < 4.78 is 4.86. The van der Waals surface area contributed by atoms with Crippen LogP contribution in [0.5, 0.6) is 0 Å². The fraction of sp³-hybridized carbons (Fsp3) is 0.667. The van der Waals surface area contributed by atoms with E-state index in [1.165, 1.54) is 7.11 Å². The number of hydrogen-bond acceptors (Lipinski definition) is 4. The third-order valence-corrected chi connectivity index (χ3v) is 6.57. The topological polar surface area (TPSA) is 77.7 Å². The molecule has 2 N–H and O–H groups in total. The third-order valence-electron chi connectivity index (χ3n) is 5.62. The second kappa shape index (κ2) is 8.29. The van der Waals surface area contributed by atoms with Crippen LogP contribution >= 0.6 is 23.2 Å². The van der Waals surface area contributed by atoms with Crippen molar-refractivity contribution in [3.05, 3.63) is 21.4 Å². The zero-order valence-corrected chi connectivity index (χ0v) is 17.4. The van der Waals surface area contributed by atoms with E-state index in [1.54, 1.807) is 11.8 Å². The van der Waals surface area contributed by atoms with E-state index in [-0.39, 0.29) is 29.1 Å². The minimum absolute atomic E-state index is 0.0998. The first-order valence-corrected chi connectivity index (χ1v) is 10.0. The van der Waals surface area contributed by atoms with Crippen molar-refractivity contribution >= 4 is 35.2 Å². The lowest BCUT2D eigenvalue weighted by atomic mass is 10.0. The number of H-pyrrole nitrogens is 1. The van der Waals surface area contributed by atoms with Crippen molar-refractivity contribution in [2.24, 2.45) is 0 Å². The fourth-order valence-corrected chi connectivity index (χ4v) is 4.45. The molecule has 1 aromatic rings. The predicted octanol–water partition coefficient (Wildman–Crippen LogP) is 3.05. The van der Waals surface area contributed by atoms with Crippen LogP contribution in [-0.4, -0.2) is 71.7 Å². The normalized spacial score (nSPS) is 24.3. The average molecular weight is 417 g/mol. The molecule has 7 nitrogen and oxygen atoms in total. The first-order valence-electron chi connectivity index (χ1n) is 9.24. The van der Waals surface area contributed by atoms with Gasteiger partial charge in [-0.25, -0.2) is 4.79 Å². The van der Waals surface area contributed by atoms with Crippen LogP contribution in [0.15, 0.2) is 0 Å². The molecule has 9 heteroatoms. The molecule has 0 aliphatic carbocycles. The molecule has 0 saturated carbocycles. The molecular formula is C18H26Cl2N4O3. The lowest BCUT2D eigenvalue weighted by Gasteiger charge is -2.36. The molecule has 27 heavy (non-hydrogen) atoms. The highest BCUT2D eigenvalue weighted by atomic mass is 35.5. The molecule has 2 aliphatic heterocycles. The van der Waals surface area contributed by atoms with E-state index < -0.39 is 0 Å². The minimum atomic E-state index is -0.260. The van der Waals surface area contributed by atoms with Gasteiger partial charge in [0.2, 0.25) is 0 Å². The summed E-state index contributed by atoms with van der Waals surface area (Å²) in [4.78, 5) is 31.4. The number of likely N-dealkylation sites (tertiary alicyclic amines) is 2. The van der Waals surface area contributed by atoms with Crippen molar-refractivity contribution < 1.29 is 14.3 Å². The number of ether oxygens (including phenoxy) is 1. The van der Waals surface area contributed by atoms with E-state index in [2.05, 4.69) is 22.1 Å². The molecule has 0 radical (unpaired) electrons. The van der Waals surface area contributed by atoms with E-state index in [0.29, 0.717) is 29.0 Å². The molecule has 2 saturated heterocycles. The summed E-state index contributed by atoms with van der Waals surface area (Å²) in [5, 5.41) is 3.71. The van der Waals surface area contributed by atoms with Crippen LogP contribution in [0.3, 0.4) is 0 Å². The Labute approximate surface area is 169 Å². The first-order chi connectivity index (χ1) is 12.8. The van der Waals surface area contributed by atoms with E-state index in [0.717, 1.165) is 32.4 Å². The van der Waals surface area contributed by atoms with Gasteiger partial charge in [0.05, 0.1) is 17.2 Å². The standard InChI is InChI=1S/C18H26Cl2N4O3/c1-10-8-13(9-24(10)18(26)27-3)23-6-4-12(5-7-23)22-17(25)16-15(20)14(19)11(2)21-16/h10,12-13,21H,4-9H2,1-3H3,(H,22,25)/t10-,13?/m1/s1. The van der Waals surface area contributed by atoms with E-state index >= 15 is 0 Å². The number of nitrogens with zero attached hydrogens (tertiary/aromatic N) is 2. The van der Waals surface area contributed by atoms with Gasteiger partial charge in [0.1, 0.15) is 5.69 Å². The molecule has 2 amide bonds. The van der Waals surface area contributed by atoms with Crippen molar-refractivity contribution in [3.8, 4) is 0 Å². The number of hydrogen-bond donors (Lipinski definition) is 2. The van der Waals surface area contributed by atoms with Crippen LogP contribution in [0.4, 0.5) is 4.79 Å². The average Bonchev–Trinajstić information content (AvgIpc) is 3.17. The van der Waals surface area contributed by atoms with Crippen molar-refractivity contribution in [1.29, 1.82) is 0 Å². The lowest BCUT2D eigenvalue weighted by Crippen LogP contribution is -2.49. The number of rotatable bonds is 3. The van der Waals surface area contributed by atoms with Gasteiger partial charge in [0, 0.05) is 43.5 Å². The van der Waals surface area contributed by atoms with Gasteiger partial charge in [-0.05, 0) is 33.1 Å². The highest BCUT2D eigenvalue weighted by Crippen LogP contribution is 2.29. The number of carbonyl (C=O) groups is 2. The molecule has 0 bridgehead atoms. The van der Waals surface area contributed by atoms with Gasteiger partial charge in [0.25, 0.3) is 5.91 Å². The van der Waals surface area contributed by atoms with Gasteiger partial charge >= 0.3 is 6.09 Å². The van der Waals surface area contributed by atoms with Crippen LogP contribution < -0.4 is 5.32 Å². The van der Waals surface area contributed by atoms with Crippen molar-refractivity contribution in [1.82, 2.24) is 20.1 Å². The molecule has 1 aromatic heterocycles. The summed E-state index contributed by atoms with van der Waals surface area (Å²) in [6, 6.07) is 0.626. The molecule has 1 unspecified atom stereocenters. The number of aryl methyl sites for hydroxylation is 1. The Balaban J connectivity index is 1.51. The number of halogens is 2. The zero-order chi connectivity index (χ0) is 19.7. The second-order valence-electron chi connectivity index (χ2n) is 7.40. The summed E-state index contributed by atoms with van der Waals surface area (Å²) in [7, 11) is 1.42. The molecule has 2 aliphatic rings. The monoisotopic (exact) mass is 416 g/mol. The molecule has 150 valence electrons. The number of methoxy groups -OCH3 is 1. The Morgan fingerprint density at radius 1 is 1.22 bits per heavy atom. The Kier molecular flexibility index (Phi) is 6.23. The Hall–Kier alpha value is -1.44. The minimum Gasteiger partial charge on any atom is -0.453 e. The molecule has 0 spiro atoms. The maximum absolute atomic E-state index is 12.5. The van der Waals surface area contributed by atoms with E-state index in [9.17, 15) is 9.59 Å². The van der Waals surface area contributed by atoms with Crippen molar-refractivity contribution in [2.75, 3.05) is 26.7 Å². The number of piperidine rings is 1. The van der Waals surface area contributed by atoms with E-state index in [4.69, 9.17) is 27.9 Å². The maximum atomic E-state index is 12.5. The summed E-state index contributed by atoms with van der Waals surface area (Å²) in [5.41, 5.74) is 1.01. The van der Waals surface area contributed by atoms with Gasteiger partial charge in [-0.3, -0.25) is 9.69 Å². The first kappa shape index (κ1) is 20.3. The molecule has 2 fully saturated rings. The van der Waals surface area contributed by atoms with Gasteiger partial charge in [-0.15, -0.1) is 0 Å². The van der Waals surface area contributed by atoms with Crippen LogP contribution in [0.2, 0.25) is 10.0 Å². The van der Waals surface area contributed by atoms with Crippen LogP contribution in [0.1, 0.15) is 42.4 Å². The number of aromatic nitrogens is 1. The maximum Gasteiger partial charge on any atom is 0.409 e. The largest absolute Gasteiger partial charge is 0.453 e. The highest BCUT2D eigenvalue weighted by Gasteiger charge is 2.37. The highest BCUT2D eigenvalue weighted by molar-refractivity contribution is 6.44. The predicted molar refractivity (Wildman–Crippen MR) is 105 cm³/mol. The summed E-state index contributed by atoms with van der Waals surface area (Å²) in [6.07, 6.45) is 2.41. The zero-order valence-electron chi connectivity index (χ0n) is 15.8. The van der Waals surface area contributed by atoms with Crippen LogP contribution in [-0.2, 0) is 4.74 Å². The summed E-state index contributed by atoms with van der Waals surface area (Å²) in [5.74, 6) is -0.222. The molecule has 0 aromatic carbocycles. The Morgan fingerprint density at radius 2 is 1.89 bits per heavy atom. The second-order valence-corrected chi connectivity index (χ2v) is 8.15. The number of nitrogens with one attached hydrogen (secondary N) is 2. The Morgan fingerprint density at radius 3 is 2.44 bits per heavy atom. The van der Waals surface area contributed by atoms with Crippen molar-refractivity contribution in [3.63, 3.8) is 0 Å². The van der Waals surface area contributed by atoms with Gasteiger partial charge < -0.3 is 19.9 Å². The molecule has 3 heterocycles.